The van der Waals surface area contributed by atoms with Gasteiger partial charge < -0.3 is 9.64 Å². The number of piperidine rings is 1. The number of rotatable bonds is 6. The minimum atomic E-state index is -4.57. The Bertz CT molecular complexity index is 1280. The number of ether oxygens (including phenoxy) is 1. The highest BCUT2D eigenvalue weighted by Gasteiger charge is 2.34. The van der Waals surface area contributed by atoms with Gasteiger partial charge in [0.25, 0.3) is 5.91 Å². The Morgan fingerprint density at radius 3 is 2.44 bits per heavy atom. The van der Waals surface area contributed by atoms with Gasteiger partial charge in [-0.1, -0.05) is 24.3 Å². The van der Waals surface area contributed by atoms with Crippen molar-refractivity contribution in [2.75, 3.05) is 24.4 Å². The number of para-hydroxylation sites is 2. The fraction of sp³-hybridized carbons (Fsp3) is 0.304. The molecule has 0 unspecified atom stereocenters. The molecule has 7 nitrogen and oxygen atoms in total. The highest BCUT2D eigenvalue weighted by atomic mass is 32.2. The second-order valence-corrected chi connectivity index (χ2v) is 9.85. The van der Waals surface area contributed by atoms with E-state index in [1.165, 1.54) is 29.3 Å². The maximum Gasteiger partial charge on any atom is 0.418 e. The van der Waals surface area contributed by atoms with Crippen LogP contribution in [0, 0.1) is 0 Å². The third kappa shape index (κ3) is 5.24. The molecule has 2 aromatic carbocycles. The molecule has 0 radical (unpaired) electrons. The van der Waals surface area contributed by atoms with E-state index in [4.69, 9.17) is 4.74 Å². The molecule has 2 heterocycles. The summed E-state index contributed by atoms with van der Waals surface area (Å²) >= 11 is 0. The van der Waals surface area contributed by atoms with Crippen molar-refractivity contribution < 1.29 is 31.1 Å². The number of hydrogen-bond donors (Lipinski definition) is 1. The van der Waals surface area contributed by atoms with Crippen molar-refractivity contribution >= 4 is 32.5 Å². The second-order valence-electron chi connectivity index (χ2n) is 7.89. The van der Waals surface area contributed by atoms with Gasteiger partial charge in [-0.25, -0.2) is 8.42 Å². The highest BCUT2D eigenvalue weighted by molar-refractivity contribution is 7.93. The first-order chi connectivity index (χ1) is 16.1. The van der Waals surface area contributed by atoms with Crippen LogP contribution in [0.4, 0.5) is 18.9 Å². The molecule has 11 heteroatoms. The zero-order valence-electron chi connectivity index (χ0n) is 18.0. The molecular formula is C23H22F3N3O4S. The second kappa shape index (κ2) is 9.49. The third-order valence-corrected chi connectivity index (χ3v) is 7.52. The average molecular weight is 494 g/mol. The predicted molar refractivity (Wildman–Crippen MR) is 121 cm³/mol. The van der Waals surface area contributed by atoms with E-state index in [0.29, 0.717) is 5.69 Å². The van der Waals surface area contributed by atoms with E-state index in [2.05, 4.69) is 9.71 Å². The molecule has 1 aliphatic heterocycles. The summed E-state index contributed by atoms with van der Waals surface area (Å²) in [6.45, 7) is 0.0881. The van der Waals surface area contributed by atoms with E-state index < -0.39 is 27.0 Å². The Labute approximate surface area is 194 Å². The van der Waals surface area contributed by atoms with Crippen LogP contribution in [0.5, 0.6) is 5.75 Å². The molecule has 180 valence electrons. The fourth-order valence-corrected chi connectivity index (χ4v) is 5.37. The summed E-state index contributed by atoms with van der Waals surface area (Å²) in [5, 5.41) is -0.482. The maximum atomic E-state index is 13.3. The molecule has 0 spiro atoms. The van der Waals surface area contributed by atoms with Crippen LogP contribution < -0.4 is 9.46 Å². The third-order valence-electron chi connectivity index (χ3n) is 5.65. The van der Waals surface area contributed by atoms with E-state index >= 15 is 0 Å². The van der Waals surface area contributed by atoms with Gasteiger partial charge in [-0.3, -0.25) is 14.5 Å². The number of alkyl halides is 3. The number of carbonyl (C=O) groups is 1. The molecule has 0 atom stereocenters. The molecule has 1 aliphatic rings. The Morgan fingerprint density at radius 1 is 1.06 bits per heavy atom. The number of aromatic nitrogens is 1. The molecule has 1 fully saturated rings. The quantitative estimate of drug-likeness (QED) is 0.560. The van der Waals surface area contributed by atoms with Gasteiger partial charge in [-0.15, -0.1) is 0 Å². The van der Waals surface area contributed by atoms with Crippen LogP contribution in [0.15, 0.2) is 60.8 Å². The summed E-state index contributed by atoms with van der Waals surface area (Å²) < 4.78 is 73.2. The minimum absolute atomic E-state index is 0.119. The first-order valence-electron chi connectivity index (χ1n) is 10.6. The number of hydrogen-bond acceptors (Lipinski definition) is 5. The number of halogens is 3. The lowest BCUT2D eigenvalue weighted by molar-refractivity contribution is -0.136. The van der Waals surface area contributed by atoms with Crippen molar-refractivity contribution in [3.05, 3.63) is 66.4 Å². The average Bonchev–Trinajstić information content (AvgIpc) is 2.82. The van der Waals surface area contributed by atoms with Gasteiger partial charge in [-0.05, 0) is 43.2 Å². The van der Waals surface area contributed by atoms with Crippen molar-refractivity contribution in [3.8, 4) is 5.75 Å². The van der Waals surface area contributed by atoms with Crippen LogP contribution in [0.3, 0.4) is 0 Å². The monoisotopic (exact) mass is 493 g/mol. The Kier molecular flexibility index (Phi) is 6.65. The van der Waals surface area contributed by atoms with Gasteiger partial charge >= 0.3 is 6.18 Å². The lowest BCUT2D eigenvalue weighted by atomic mass is 10.1. The number of benzene rings is 2. The summed E-state index contributed by atoms with van der Waals surface area (Å²) in [7, 11) is -3.60. The summed E-state index contributed by atoms with van der Waals surface area (Å²) in [5.74, 6) is -0.252. The van der Waals surface area contributed by atoms with Gasteiger partial charge in [0.15, 0.2) is 6.61 Å². The SMILES string of the molecule is O=C(COc1ccnc2c(C(F)(F)F)cccc12)N1CCC(S(=O)(=O)Nc2ccccc2)CC1. The number of nitrogens with one attached hydrogen (secondary N) is 1. The van der Waals surface area contributed by atoms with Crippen LogP contribution in [0.25, 0.3) is 10.9 Å². The van der Waals surface area contributed by atoms with Gasteiger partial charge in [0.05, 0.1) is 16.3 Å². The lowest BCUT2D eigenvalue weighted by Crippen LogP contribution is -2.45. The standard InChI is InChI=1S/C23H22F3N3O4S/c24-23(25,26)19-8-4-7-18-20(9-12-27-22(18)19)33-15-21(30)29-13-10-17(11-14-29)34(31,32)28-16-5-2-1-3-6-16/h1-9,12,17,28H,10-11,13-15H2. The summed E-state index contributed by atoms with van der Waals surface area (Å²) in [4.78, 5) is 17.9. The minimum Gasteiger partial charge on any atom is -0.483 e. The number of pyridine rings is 1. The van der Waals surface area contributed by atoms with E-state index in [9.17, 15) is 26.4 Å². The normalized spacial score (nSPS) is 15.3. The van der Waals surface area contributed by atoms with Crippen LogP contribution in [-0.2, 0) is 21.0 Å². The Hall–Kier alpha value is -3.34. The number of carbonyl (C=O) groups excluding carboxylic acids is 1. The maximum absolute atomic E-state index is 13.3. The van der Waals surface area contributed by atoms with Crippen molar-refractivity contribution in [1.29, 1.82) is 0 Å². The van der Waals surface area contributed by atoms with Gasteiger partial charge in [0.1, 0.15) is 5.75 Å². The zero-order chi connectivity index (χ0) is 24.3. The van der Waals surface area contributed by atoms with E-state index in [1.54, 1.807) is 30.3 Å². The van der Waals surface area contributed by atoms with Gasteiger partial charge in [-0.2, -0.15) is 13.2 Å². The molecule has 34 heavy (non-hydrogen) atoms. The summed E-state index contributed by atoms with van der Waals surface area (Å²) in [5.41, 5.74) is -0.654. The van der Waals surface area contributed by atoms with Crippen LogP contribution >= 0.6 is 0 Å². The number of amides is 1. The largest absolute Gasteiger partial charge is 0.483 e. The molecule has 1 N–H and O–H groups in total. The van der Waals surface area contributed by atoms with Crippen LogP contribution in [0.2, 0.25) is 0 Å². The Balaban J connectivity index is 1.37. The van der Waals surface area contributed by atoms with E-state index in [1.807, 2.05) is 0 Å². The number of anilines is 1. The molecule has 1 saturated heterocycles. The molecule has 1 aromatic heterocycles. The first-order valence-corrected chi connectivity index (χ1v) is 12.1. The smallest absolute Gasteiger partial charge is 0.418 e. The molecular weight excluding hydrogens is 471 g/mol. The van der Waals surface area contributed by atoms with Crippen molar-refractivity contribution in [3.63, 3.8) is 0 Å². The zero-order valence-corrected chi connectivity index (χ0v) is 18.8. The molecule has 0 bridgehead atoms. The van der Waals surface area contributed by atoms with Gasteiger partial charge in [0, 0.05) is 30.4 Å². The fourth-order valence-electron chi connectivity index (χ4n) is 3.91. The molecule has 3 aromatic rings. The van der Waals surface area contributed by atoms with Crippen LogP contribution in [0.1, 0.15) is 18.4 Å². The van der Waals surface area contributed by atoms with Gasteiger partial charge in [0.2, 0.25) is 10.0 Å². The first kappa shape index (κ1) is 23.8. The summed E-state index contributed by atoms with van der Waals surface area (Å²) in [6, 6.07) is 13.6. The topological polar surface area (TPSA) is 88.6 Å². The number of nitrogens with zero attached hydrogens (tertiary/aromatic N) is 2. The number of sulfonamides is 1. The van der Waals surface area contributed by atoms with E-state index in [0.717, 1.165) is 6.07 Å². The summed E-state index contributed by atoms with van der Waals surface area (Å²) in [6.07, 6.45) is -2.84. The van der Waals surface area contributed by atoms with Crippen molar-refractivity contribution in [2.45, 2.75) is 24.3 Å². The van der Waals surface area contributed by atoms with Crippen molar-refractivity contribution in [1.82, 2.24) is 9.88 Å². The lowest BCUT2D eigenvalue weighted by Gasteiger charge is -2.31. The molecule has 0 aliphatic carbocycles. The number of fused-ring (bicyclic) bond motifs is 1. The molecule has 4 rings (SSSR count). The number of likely N-dealkylation sites (tertiary alicyclic amines) is 1. The Morgan fingerprint density at radius 2 is 1.76 bits per heavy atom. The molecule has 1 amide bonds. The van der Waals surface area contributed by atoms with Crippen molar-refractivity contribution in [2.24, 2.45) is 0 Å². The van der Waals surface area contributed by atoms with E-state index in [-0.39, 0.29) is 55.1 Å². The highest BCUT2D eigenvalue weighted by Crippen LogP contribution is 2.36. The predicted octanol–water partition coefficient (Wildman–Crippen LogP) is 4.07. The van der Waals surface area contributed by atoms with Crippen LogP contribution in [-0.4, -0.2) is 49.2 Å². The molecule has 0 saturated carbocycles.